The monoisotopic (exact) mass is 332 g/mol. The Balaban J connectivity index is 1.99. The normalized spacial score (nSPS) is 17.6. The summed E-state index contributed by atoms with van der Waals surface area (Å²) in [6.07, 6.45) is 5.73. The molecular formula is C23H28N2. The van der Waals surface area contributed by atoms with Gasteiger partial charge in [0.05, 0.1) is 6.07 Å². The van der Waals surface area contributed by atoms with E-state index in [1.54, 1.807) is 0 Å². The van der Waals surface area contributed by atoms with Crippen molar-refractivity contribution in [3.05, 3.63) is 71.3 Å². The third-order valence-corrected chi connectivity index (χ3v) is 5.57. The molecule has 0 aromatic heterocycles. The Morgan fingerprint density at radius 1 is 0.960 bits per heavy atom. The van der Waals surface area contributed by atoms with Gasteiger partial charge in [0.25, 0.3) is 0 Å². The Morgan fingerprint density at radius 2 is 1.64 bits per heavy atom. The smallest absolute Gasteiger partial charge is 0.109 e. The van der Waals surface area contributed by atoms with E-state index in [9.17, 15) is 5.26 Å². The molecule has 0 N–H and O–H groups in total. The molecule has 2 nitrogen and oxygen atoms in total. The maximum absolute atomic E-state index is 10.4. The molecule has 1 aliphatic rings. The average molecular weight is 332 g/mol. The predicted octanol–water partition coefficient (Wildman–Crippen LogP) is 4.93. The number of aryl methyl sites for hydroxylation is 1. The maximum atomic E-state index is 10.4. The molecule has 1 saturated heterocycles. The van der Waals surface area contributed by atoms with Crippen molar-refractivity contribution in [1.29, 1.82) is 5.26 Å². The minimum atomic E-state index is -0.564. The Labute approximate surface area is 152 Å². The number of hydrogen-bond donors (Lipinski definition) is 0. The molecule has 1 fully saturated rings. The molecule has 130 valence electrons. The standard InChI is InChI=1S/C23H28N2/c1-2-20-11-7-8-14-22(20)23(19-24,21-12-5-3-6-13-21)15-18-25-16-9-4-10-17-25/h3,5-8,11-14H,2,4,9-10,15-18H2,1H3. The van der Waals surface area contributed by atoms with Gasteiger partial charge in [-0.1, -0.05) is 67.9 Å². The molecule has 2 aromatic rings. The molecule has 2 heteroatoms. The highest BCUT2D eigenvalue weighted by Crippen LogP contribution is 2.37. The molecule has 0 saturated carbocycles. The van der Waals surface area contributed by atoms with Crippen LogP contribution in [0.25, 0.3) is 0 Å². The molecule has 0 bridgehead atoms. The Kier molecular flexibility index (Phi) is 5.89. The fourth-order valence-electron chi connectivity index (χ4n) is 4.09. The second-order valence-corrected chi connectivity index (χ2v) is 7.05. The van der Waals surface area contributed by atoms with Gasteiger partial charge >= 0.3 is 0 Å². The molecule has 1 aliphatic heterocycles. The third-order valence-electron chi connectivity index (χ3n) is 5.57. The second-order valence-electron chi connectivity index (χ2n) is 7.05. The van der Waals surface area contributed by atoms with Crippen LogP contribution in [0.4, 0.5) is 0 Å². The van der Waals surface area contributed by atoms with Crippen molar-refractivity contribution in [2.45, 2.75) is 44.4 Å². The van der Waals surface area contributed by atoms with Crippen molar-refractivity contribution < 1.29 is 0 Å². The summed E-state index contributed by atoms with van der Waals surface area (Å²) in [5, 5.41) is 10.4. The first-order valence-corrected chi connectivity index (χ1v) is 9.57. The van der Waals surface area contributed by atoms with Crippen molar-refractivity contribution >= 4 is 0 Å². The minimum absolute atomic E-state index is 0.564. The highest BCUT2D eigenvalue weighted by Gasteiger charge is 2.36. The van der Waals surface area contributed by atoms with Gasteiger partial charge in [-0.15, -0.1) is 0 Å². The summed E-state index contributed by atoms with van der Waals surface area (Å²) in [4.78, 5) is 2.53. The van der Waals surface area contributed by atoms with Crippen LogP contribution >= 0.6 is 0 Å². The quantitative estimate of drug-likeness (QED) is 0.749. The van der Waals surface area contributed by atoms with Crippen molar-refractivity contribution in [3.63, 3.8) is 0 Å². The summed E-state index contributed by atoms with van der Waals surface area (Å²) < 4.78 is 0. The zero-order valence-electron chi connectivity index (χ0n) is 15.2. The van der Waals surface area contributed by atoms with Crippen molar-refractivity contribution in [2.24, 2.45) is 0 Å². The van der Waals surface area contributed by atoms with Crippen LogP contribution in [0.15, 0.2) is 54.6 Å². The molecule has 1 heterocycles. The van der Waals surface area contributed by atoms with Crippen LogP contribution in [0.5, 0.6) is 0 Å². The topological polar surface area (TPSA) is 27.0 Å². The number of benzene rings is 2. The van der Waals surface area contributed by atoms with Crippen molar-refractivity contribution in [1.82, 2.24) is 4.90 Å². The molecule has 1 unspecified atom stereocenters. The van der Waals surface area contributed by atoms with Gasteiger partial charge in [0.2, 0.25) is 0 Å². The number of nitriles is 1. The van der Waals surface area contributed by atoms with E-state index >= 15 is 0 Å². The number of hydrogen-bond acceptors (Lipinski definition) is 2. The van der Waals surface area contributed by atoms with Crippen LogP contribution in [-0.2, 0) is 11.8 Å². The fraction of sp³-hybridized carbons (Fsp3) is 0.435. The first kappa shape index (κ1) is 17.7. The summed E-state index contributed by atoms with van der Waals surface area (Å²) in [5.41, 5.74) is 3.02. The van der Waals surface area contributed by atoms with E-state index in [1.807, 2.05) is 6.07 Å². The van der Waals surface area contributed by atoms with Crippen LogP contribution in [0.2, 0.25) is 0 Å². The predicted molar refractivity (Wildman–Crippen MR) is 104 cm³/mol. The average Bonchev–Trinajstić information content (AvgIpc) is 2.71. The second kappa shape index (κ2) is 8.32. The SMILES string of the molecule is CCc1ccccc1C(C#N)(CCN1CCCCC1)c1ccccc1. The Bertz CT molecular complexity index is 710. The molecule has 0 aliphatic carbocycles. The van der Waals surface area contributed by atoms with Crippen molar-refractivity contribution in [3.8, 4) is 6.07 Å². The van der Waals surface area contributed by atoms with Crippen LogP contribution in [-0.4, -0.2) is 24.5 Å². The first-order chi connectivity index (χ1) is 12.3. The van der Waals surface area contributed by atoms with Crippen LogP contribution in [0, 0.1) is 11.3 Å². The molecule has 1 atom stereocenters. The van der Waals surface area contributed by atoms with E-state index in [4.69, 9.17) is 0 Å². The van der Waals surface area contributed by atoms with Gasteiger partial charge in [0.15, 0.2) is 0 Å². The van der Waals surface area contributed by atoms with Crippen LogP contribution in [0.1, 0.15) is 49.3 Å². The van der Waals surface area contributed by atoms with Gasteiger partial charge in [0, 0.05) is 6.54 Å². The lowest BCUT2D eigenvalue weighted by molar-refractivity contribution is 0.218. The lowest BCUT2D eigenvalue weighted by atomic mass is 9.71. The molecule has 3 rings (SSSR count). The minimum Gasteiger partial charge on any atom is -0.303 e. The summed E-state index contributed by atoms with van der Waals surface area (Å²) in [6, 6.07) is 21.6. The van der Waals surface area contributed by atoms with E-state index in [-0.39, 0.29) is 0 Å². The highest BCUT2D eigenvalue weighted by atomic mass is 15.1. The number of rotatable bonds is 6. The fourth-order valence-corrected chi connectivity index (χ4v) is 4.09. The first-order valence-electron chi connectivity index (χ1n) is 9.57. The highest BCUT2D eigenvalue weighted by molar-refractivity contribution is 5.49. The van der Waals surface area contributed by atoms with E-state index in [0.29, 0.717) is 0 Å². The summed E-state index contributed by atoms with van der Waals surface area (Å²) in [5.74, 6) is 0. The van der Waals surface area contributed by atoms with E-state index in [0.717, 1.165) is 24.9 Å². The lowest BCUT2D eigenvalue weighted by Gasteiger charge is -2.34. The molecule has 0 radical (unpaired) electrons. The number of nitrogens with zero attached hydrogens (tertiary/aromatic N) is 2. The van der Waals surface area contributed by atoms with Gasteiger partial charge in [-0.3, -0.25) is 0 Å². The number of piperidine rings is 1. The van der Waals surface area contributed by atoms with E-state index in [2.05, 4.69) is 66.4 Å². The summed E-state index contributed by atoms with van der Waals surface area (Å²) in [6.45, 7) is 5.51. The summed E-state index contributed by atoms with van der Waals surface area (Å²) in [7, 11) is 0. The molecule has 25 heavy (non-hydrogen) atoms. The van der Waals surface area contributed by atoms with Gasteiger partial charge < -0.3 is 4.90 Å². The van der Waals surface area contributed by atoms with E-state index < -0.39 is 5.41 Å². The van der Waals surface area contributed by atoms with Gasteiger partial charge in [-0.05, 0) is 55.5 Å². The Hall–Kier alpha value is -2.11. The lowest BCUT2D eigenvalue weighted by Crippen LogP contribution is -2.36. The van der Waals surface area contributed by atoms with Gasteiger partial charge in [-0.2, -0.15) is 5.26 Å². The van der Waals surface area contributed by atoms with Crippen molar-refractivity contribution in [2.75, 3.05) is 19.6 Å². The van der Waals surface area contributed by atoms with Gasteiger partial charge in [-0.25, -0.2) is 0 Å². The Morgan fingerprint density at radius 3 is 2.32 bits per heavy atom. The van der Waals surface area contributed by atoms with Gasteiger partial charge in [0.1, 0.15) is 5.41 Å². The zero-order chi connectivity index (χ0) is 17.5. The third kappa shape index (κ3) is 3.78. The number of likely N-dealkylation sites (tertiary alicyclic amines) is 1. The molecule has 2 aromatic carbocycles. The van der Waals surface area contributed by atoms with Crippen LogP contribution in [0.3, 0.4) is 0 Å². The zero-order valence-corrected chi connectivity index (χ0v) is 15.2. The maximum Gasteiger partial charge on any atom is 0.109 e. The largest absolute Gasteiger partial charge is 0.303 e. The van der Waals surface area contributed by atoms with Crippen LogP contribution < -0.4 is 0 Å². The summed E-state index contributed by atoms with van der Waals surface area (Å²) >= 11 is 0. The molecule has 0 amide bonds. The molecular weight excluding hydrogens is 304 g/mol. The van der Waals surface area contributed by atoms with E-state index in [1.165, 1.54) is 43.5 Å². The molecule has 0 spiro atoms.